The third-order valence-electron chi connectivity index (χ3n) is 4.60. The van der Waals surface area contributed by atoms with E-state index in [2.05, 4.69) is 51.3 Å². The van der Waals surface area contributed by atoms with Gasteiger partial charge in [0.15, 0.2) is 5.78 Å². The summed E-state index contributed by atoms with van der Waals surface area (Å²) >= 11 is 3.63. The molecule has 0 bridgehead atoms. The number of aryl methyl sites for hydroxylation is 1. The van der Waals surface area contributed by atoms with E-state index in [-0.39, 0.29) is 5.78 Å². The second kappa shape index (κ2) is 7.73. The van der Waals surface area contributed by atoms with E-state index in [1.807, 2.05) is 31.6 Å². The molecule has 0 N–H and O–H groups in total. The molecule has 0 radical (unpaired) electrons. The molecule has 144 valence electrons. The van der Waals surface area contributed by atoms with Gasteiger partial charge in [-0.3, -0.25) is 9.48 Å². The van der Waals surface area contributed by atoms with Crippen LogP contribution in [0.15, 0.2) is 35.1 Å². The van der Waals surface area contributed by atoms with Crippen LogP contribution >= 0.6 is 15.9 Å². The van der Waals surface area contributed by atoms with Crippen molar-refractivity contribution in [2.75, 3.05) is 6.61 Å². The predicted molar refractivity (Wildman–Crippen MR) is 116 cm³/mol. The van der Waals surface area contributed by atoms with Crippen LogP contribution in [0.1, 0.15) is 17.3 Å². The minimum absolute atomic E-state index is 0.0479. The van der Waals surface area contributed by atoms with Gasteiger partial charge in [0.25, 0.3) is 0 Å². The smallest absolute Gasteiger partial charge is 0.161 e. The van der Waals surface area contributed by atoms with Gasteiger partial charge in [0.2, 0.25) is 0 Å². The molecule has 0 aliphatic heterocycles. The monoisotopic (exact) mass is 447 g/mol. The molecule has 27 heavy (non-hydrogen) atoms. The number of ketones is 1. The highest BCUT2D eigenvalue weighted by molar-refractivity contribution is 9.10. The van der Waals surface area contributed by atoms with Gasteiger partial charge < -0.3 is 9.30 Å². The fourth-order valence-corrected chi connectivity index (χ4v) is 4.28. The molecule has 7 heteroatoms. The van der Waals surface area contributed by atoms with Gasteiger partial charge in [0.05, 0.1) is 17.4 Å². The lowest BCUT2D eigenvalue weighted by molar-refractivity contribution is 0.0909. The van der Waals surface area contributed by atoms with Gasteiger partial charge in [-0.1, -0.05) is 35.6 Å². The highest BCUT2D eigenvalue weighted by Crippen LogP contribution is 2.35. The topological polar surface area (TPSA) is 49.0 Å². The number of hydrogen-bond donors (Lipinski definition) is 0. The standard InChI is InChI=1S/C20H26BrN3O2Si/c1-14(25)16-6-7-18(21)17-10-19(15-11-22-23(2)12-15)24(20(16)17)13-26-8-9-27(3,4)5/h6-7,10-12H,8-9,13H2,1-5H3. The van der Waals surface area contributed by atoms with Crippen molar-refractivity contribution in [1.82, 2.24) is 14.3 Å². The van der Waals surface area contributed by atoms with E-state index in [0.717, 1.165) is 39.3 Å². The van der Waals surface area contributed by atoms with Crippen molar-refractivity contribution < 1.29 is 9.53 Å². The molecule has 3 aromatic rings. The zero-order valence-corrected chi connectivity index (χ0v) is 19.1. The molecule has 0 saturated carbocycles. The highest BCUT2D eigenvalue weighted by atomic mass is 79.9. The van der Waals surface area contributed by atoms with E-state index in [1.165, 1.54) is 0 Å². The summed E-state index contributed by atoms with van der Waals surface area (Å²) in [7, 11) is 0.747. The van der Waals surface area contributed by atoms with Gasteiger partial charge >= 0.3 is 0 Å². The first kappa shape index (κ1) is 20.0. The van der Waals surface area contributed by atoms with E-state index >= 15 is 0 Å². The van der Waals surface area contributed by atoms with Gasteiger partial charge in [-0.2, -0.15) is 5.10 Å². The van der Waals surface area contributed by atoms with Crippen molar-refractivity contribution in [2.24, 2.45) is 7.05 Å². The Bertz CT molecular complexity index is 985. The molecule has 0 aliphatic rings. The number of carbonyl (C=O) groups is 1. The van der Waals surface area contributed by atoms with Crippen LogP contribution in [0.3, 0.4) is 0 Å². The summed E-state index contributed by atoms with van der Waals surface area (Å²) in [5.74, 6) is 0.0479. The fourth-order valence-electron chi connectivity index (χ4n) is 3.09. The highest BCUT2D eigenvalue weighted by Gasteiger charge is 2.19. The number of nitrogens with zero attached hydrogens (tertiary/aromatic N) is 3. The van der Waals surface area contributed by atoms with Crippen molar-refractivity contribution in [3.8, 4) is 11.3 Å². The number of hydrogen-bond acceptors (Lipinski definition) is 3. The summed E-state index contributed by atoms with van der Waals surface area (Å²) in [5.41, 5.74) is 3.62. The Morgan fingerprint density at radius 1 is 1.30 bits per heavy atom. The van der Waals surface area contributed by atoms with Crippen LogP contribution < -0.4 is 0 Å². The Morgan fingerprint density at radius 2 is 2.04 bits per heavy atom. The molecule has 0 amide bonds. The first-order valence-corrected chi connectivity index (χ1v) is 13.6. The zero-order chi connectivity index (χ0) is 19.8. The van der Waals surface area contributed by atoms with Gasteiger partial charge in [0.1, 0.15) is 6.73 Å². The summed E-state index contributed by atoms with van der Waals surface area (Å²) in [6.07, 6.45) is 3.82. The Labute approximate surface area is 169 Å². The maximum Gasteiger partial charge on any atom is 0.161 e. The normalized spacial score (nSPS) is 12.1. The first-order valence-electron chi connectivity index (χ1n) is 9.07. The second-order valence-corrected chi connectivity index (χ2v) is 14.6. The van der Waals surface area contributed by atoms with E-state index < -0.39 is 8.07 Å². The summed E-state index contributed by atoms with van der Waals surface area (Å²) in [5, 5.41) is 5.31. The maximum atomic E-state index is 12.3. The molecule has 0 fully saturated rings. The van der Waals surface area contributed by atoms with Gasteiger partial charge in [-0.05, 0) is 31.2 Å². The summed E-state index contributed by atoms with van der Waals surface area (Å²) in [4.78, 5) is 12.3. The van der Waals surface area contributed by atoms with Crippen LogP contribution in [0.25, 0.3) is 22.2 Å². The van der Waals surface area contributed by atoms with E-state index in [0.29, 0.717) is 12.3 Å². The average Bonchev–Trinajstić information content (AvgIpc) is 3.15. The quantitative estimate of drug-likeness (QED) is 0.279. The van der Waals surface area contributed by atoms with Crippen LogP contribution in [-0.4, -0.2) is 34.8 Å². The Hall–Kier alpha value is -1.70. The van der Waals surface area contributed by atoms with Crippen LogP contribution in [0, 0.1) is 0 Å². The average molecular weight is 448 g/mol. The first-order chi connectivity index (χ1) is 12.7. The Morgan fingerprint density at radius 3 is 2.63 bits per heavy atom. The Kier molecular flexibility index (Phi) is 5.74. The molecule has 0 spiro atoms. The van der Waals surface area contributed by atoms with Crippen LogP contribution in [0.4, 0.5) is 0 Å². The molecular formula is C20H26BrN3O2Si. The van der Waals surface area contributed by atoms with Crippen molar-refractivity contribution in [3.63, 3.8) is 0 Å². The molecule has 0 atom stereocenters. The third kappa shape index (κ3) is 4.42. The predicted octanol–water partition coefficient (Wildman–Crippen LogP) is 5.32. The van der Waals surface area contributed by atoms with Crippen molar-refractivity contribution >= 4 is 40.7 Å². The van der Waals surface area contributed by atoms with Crippen molar-refractivity contribution in [3.05, 3.63) is 40.6 Å². The molecular weight excluding hydrogens is 422 g/mol. The second-order valence-electron chi connectivity index (χ2n) is 8.12. The number of rotatable bonds is 7. The summed E-state index contributed by atoms with van der Waals surface area (Å²) in [6.45, 7) is 9.77. The molecule has 2 aromatic heterocycles. The molecule has 3 rings (SSSR count). The minimum Gasteiger partial charge on any atom is -0.361 e. The van der Waals surface area contributed by atoms with Crippen molar-refractivity contribution in [2.45, 2.75) is 39.3 Å². The molecule has 0 saturated heterocycles. The lowest BCUT2D eigenvalue weighted by Crippen LogP contribution is -2.22. The molecule has 1 aromatic carbocycles. The number of halogens is 1. The van der Waals surface area contributed by atoms with E-state index in [9.17, 15) is 4.79 Å². The van der Waals surface area contributed by atoms with E-state index in [4.69, 9.17) is 4.74 Å². The lowest BCUT2D eigenvalue weighted by Gasteiger charge is -2.17. The zero-order valence-electron chi connectivity index (χ0n) is 16.5. The summed E-state index contributed by atoms with van der Waals surface area (Å²) in [6, 6.07) is 7.02. The lowest BCUT2D eigenvalue weighted by atomic mass is 10.1. The molecule has 0 aliphatic carbocycles. The maximum absolute atomic E-state index is 12.3. The fraction of sp³-hybridized carbons (Fsp3) is 0.400. The van der Waals surface area contributed by atoms with E-state index in [1.54, 1.807) is 11.6 Å². The van der Waals surface area contributed by atoms with Gasteiger partial charge in [-0.25, -0.2) is 0 Å². The number of aromatic nitrogens is 3. The number of ether oxygens (including phenoxy) is 1. The number of Topliss-reactive ketones (excluding diaryl/α,β-unsaturated/α-hetero) is 1. The van der Waals surface area contributed by atoms with Crippen LogP contribution in [0.5, 0.6) is 0 Å². The van der Waals surface area contributed by atoms with Crippen LogP contribution in [0.2, 0.25) is 25.7 Å². The third-order valence-corrected chi connectivity index (χ3v) is 7.00. The minimum atomic E-state index is -1.15. The molecule has 0 unspecified atom stereocenters. The molecule has 2 heterocycles. The summed E-state index contributed by atoms with van der Waals surface area (Å²) < 4.78 is 10.9. The Balaban J connectivity index is 2.08. The SMILES string of the molecule is CC(=O)c1ccc(Br)c2cc(-c3cnn(C)c3)n(COCC[Si](C)(C)C)c12. The largest absolute Gasteiger partial charge is 0.361 e. The molecule has 5 nitrogen and oxygen atoms in total. The van der Waals surface area contributed by atoms with Gasteiger partial charge in [0, 0.05) is 48.9 Å². The number of benzene rings is 1. The van der Waals surface area contributed by atoms with Crippen LogP contribution in [-0.2, 0) is 18.5 Å². The van der Waals surface area contributed by atoms with Gasteiger partial charge in [-0.15, -0.1) is 0 Å². The number of fused-ring (bicyclic) bond motifs is 1. The number of carbonyl (C=O) groups excluding carboxylic acids is 1. The van der Waals surface area contributed by atoms with Crippen molar-refractivity contribution in [1.29, 1.82) is 0 Å².